The van der Waals surface area contributed by atoms with Crippen LogP contribution in [0.2, 0.25) is 0 Å². The Hall–Kier alpha value is -6.08. The number of hydrogen-bond acceptors (Lipinski definition) is 14. The van der Waals surface area contributed by atoms with Crippen LogP contribution in [0.3, 0.4) is 0 Å². The van der Waals surface area contributed by atoms with Gasteiger partial charge in [0.25, 0.3) is 11.6 Å². The highest BCUT2D eigenvalue weighted by Gasteiger charge is 2.35. The minimum atomic E-state index is -0.732. The van der Waals surface area contributed by atoms with Gasteiger partial charge in [-0.3, -0.25) is 30.4 Å². The molecule has 20 heteroatoms. The van der Waals surface area contributed by atoms with Crippen LogP contribution in [0.15, 0.2) is 24.8 Å². The predicted octanol–water partition coefficient (Wildman–Crippen LogP) is -0.0100. The highest BCUT2D eigenvalue weighted by molar-refractivity contribution is 5.87. The fourth-order valence-corrected chi connectivity index (χ4v) is 3.62. The highest BCUT2D eigenvalue weighted by atomic mass is 16.6. The van der Waals surface area contributed by atoms with Gasteiger partial charge in [-0.2, -0.15) is 20.2 Å². The summed E-state index contributed by atoms with van der Waals surface area (Å²) in [5.74, 6) is 0.254. The van der Waals surface area contributed by atoms with E-state index in [1.807, 2.05) is 0 Å². The van der Waals surface area contributed by atoms with Gasteiger partial charge in [-0.15, -0.1) is 10.2 Å². The molecule has 0 bridgehead atoms. The van der Waals surface area contributed by atoms with Crippen molar-refractivity contribution in [3.8, 4) is 33.9 Å². The van der Waals surface area contributed by atoms with E-state index in [-0.39, 0.29) is 57.4 Å². The summed E-state index contributed by atoms with van der Waals surface area (Å²) in [6, 6.07) is 0. The number of aromatic amines is 2. The number of nitrogens with zero attached hydrogens (tertiary/aromatic N) is 12. The minimum absolute atomic E-state index is 0.0428. The maximum atomic E-state index is 12.1. The topological polar surface area (TPSA) is 282 Å². The molecule has 0 unspecified atom stereocenters. The third kappa shape index (κ3) is 3.01. The zero-order valence-corrected chi connectivity index (χ0v) is 17.5. The first-order chi connectivity index (χ1) is 17.3. The van der Waals surface area contributed by atoms with Crippen molar-refractivity contribution in [2.24, 2.45) is 0 Å². The number of anilines is 2. The lowest BCUT2D eigenvalue weighted by Gasteiger charge is -1.99. The van der Waals surface area contributed by atoms with Crippen LogP contribution in [0.1, 0.15) is 0 Å². The first kappa shape index (κ1) is 20.5. The average Bonchev–Trinajstić information content (AvgIpc) is 3.59. The summed E-state index contributed by atoms with van der Waals surface area (Å²) in [5.41, 5.74) is 9.51. The summed E-state index contributed by atoms with van der Waals surface area (Å²) in [7, 11) is 0. The molecule has 178 valence electrons. The van der Waals surface area contributed by atoms with Gasteiger partial charge in [-0.05, 0) is 0 Å². The van der Waals surface area contributed by atoms with Crippen molar-refractivity contribution < 1.29 is 9.85 Å². The van der Waals surface area contributed by atoms with E-state index in [1.165, 1.54) is 33.8 Å². The second-order valence-corrected chi connectivity index (χ2v) is 7.22. The monoisotopic (exact) mass is 490 g/mol. The van der Waals surface area contributed by atoms with E-state index in [2.05, 4.69) is 50.5 Å². The van der Waals surface area contributed by atoms with Crippen LogP contribution >= 0.6 is 0 Å². The summed E-state index contributed by atoms with van der Waals surface area (Å²) in [5, 5.41) is 44.9. The molecule has 6 N–H and O–H groups in total. The fraction of sp³-hybridized carbons (Fsp3) is 0. The van der Waals surface area contributed by atoms with Crippen LogP contribution in [-0.4, -0.2) is 69.4 Å². The van der Waals surface area contributed by atoms with Crippen LogP contribution in [-0.2, 0) is 0 Å². The molecule has 0 aliphatic carbocycles. The molecule has 6 heterocycles. The first-order valence-corrected chi connectivity index (χ1v) is 9.72. The highest BCUT2D eigenvalue weighted by Crippen LogP contribution is 2.42. The van der Waals surface area contributed by atoms with Crippen molar-refractivity contribution in [1.29, 1.82) is 0 Å². The Bertz CT molecular complexity index is 1710. The molecule has 0 spiro atoms. The predicted molar refractivity (Wildman–Crippen MR) is 118 cm³/mol. The Kier molecular flexibility index (Phi) is 4.11. The summed E-state index contributed by atoms with van der Waals surface area (Å²) in [6.07, 6.45) is 5.34. The number of fused-ring (bicyclic) bond motifs is 2. The summed E-state index contributed by atoms with van der Waals surface area (Å²) in [6.45, 7) is 0. The van der Waals surface area contributed by atoms with Crippen molar-refractivity contribution in [3.63, 3.8) is 0 Å². The Morgan fingerprint density at radius 2 is 1.17 bits per heavy atom. The number of hydrogen-bond donors (Lipinski definition) is 4. The molecule has 0 saturated heterocycles. The Balaban J connectivity index is 1.52. The molecule has 6 rings (SSSR count). The largest absolute Gasteiger partial charge is 0.366 e. The SMILES string of the molecule is Nc1nc2ncc(-c3n[nH]c(-c4[nH]nc(-c5cnc6nc(N)nn6c5)c4[N+](=O)[O-])c3[N+](=O)[O-])cn2n1. The van der Waals surface area contributed by atoms with Gasteiger partial charge in [0.1, 0.15) is 0 Å². The van der Waals surface area contributed by atoms with Gasteiger partial charge >= 0.3 is 11.4 Å². The van der Waals surface area contributed by atoms with Gasteiger partial charge in [-0.25, -0.2) is 19.0 Å². The number of nitrogens with two attached hydrogens (primary N) is 2. The molecule has 36 heavy (non-hydrogen) atoms. The van der Waals surface area contributed by atoms with Gasteiger partial charge in [0.15, 0.2) is 22.8 Å². The summed E-state index contributed by atoms with van der Waals surface area (Å²) in [4.78, 5) is 38.5. The summed E-state index contributed by atoms with van der Waals surface area (Å²) < 4.78 is 2.44. The Labute approximate surface area is 195 Å². The molecule has 0 radical (unpaired) electrons. The maximum Gasteiger partial charge on any atom is 0.324 e. The van der Waals surface area contributed by atoms with Crippen molar-refractivity contribution in [3.05, 3.63) is 45.0 Å². The number of H-pyrrole nitrogens is 2. The Morgan fingerprint density at radius 3 is 1.56 bits per heavy atom. The lowest BCUT2D eigenvalue weighted by Crippen LogP contribution is -1.97. The number of nitrogens with one attached hydrogen (secondary N) is 2. The molecule has 6 aromatic heterocycles. The molecule has 0 aromatic carbocycles. The van der Waals surface area contributed by atoms with Gasteiger partial charge in [0.2, 0.25) is 11.9 Å². The minimum Gasteiger partial charge on any atom is -0.366 e. The lowest BCUT2D eigenvalue weighted by atomic mass is 10.1. The molecule has 0 saturated carbocycles. The molecule has 0 aliphatic heterocycles. The van der Waals surface area contributed by atoms with E-state index < -0.39 is 21.2 Å². The van der Waals surface area contributed by atoms with Crippen LogP contribution in [0.25, 0.3) is 45.5 Å². The number of nitrogen functional groups attached to an aromatic ring is 2. The fourth-order valence-electron chi connectivity index (χ4n) is 3.62. The smallest absolute Gasteiger partial charge is 0.324 e. The molecular weight excluding hydrogens is 480 g/mol. The van der Waals surface area contributed by atoms with Crippen LogP contribution in [0.4, 0.5) is 23.3 Å². The second kappa shape index (κ2) is 7.21. The van der Waals surface area contributed by atoms with Crippen LogP contribution in [0.5, 0.6) is 0 Å². The molecule has 20 nitrogen and oxygen atoms in total. The average molecular weight is 490 g/mol. The van der Waals surface area contributed by atoms with E-state index in [4.69, 9.17) is 11.5 Å². The van der Waals surface area contributed by atoms with Crippen LogP contribution in [0, 0.1) is 20.2 Å². The van der Waals surface area contributed by atoms with Crippen molar-refractivity contribution in [2.75, 3.05) is 11.5 Å². The third-order valence-electron chi connectivity index (χ3n) is 5.06. The quantitative estimate of drug-likeness (QED) is 0.183. The van der Waals surface area contributed by atoms with E-state index in [0.717, 1.165) is 0 Å². The van der Waals surface area contributed by atoms with Crippen LogP contribution < -0.4 is 11.5 Å². The third-order valence-corrected chi connectivity index (χ3v) is 5.06. The van der Waals surface area contributed by atoms with Crippen molar-refractivity contribution in [2.45, 2.75) is 0 Å². The van der Waals surface area contributed by atoms with E-state index >= 15 is 0 Å². The molecule has 0 aliphatic rings. The molecule has 6 aromatic rings. The standard InChI is InChI=1S/C16H10N16O4/c17-13-21-15-19-1-5(3-29(15)27-13)7-11(31(33)34)9(25-23-7)10-12(32(35)36)8(24-26-10)6-2-20-16-22-14(18)28-30(16)4-6/h1-4H,(H2,17,27)(H2,18,28)(H,23,25)(H,24,26). The summed E-state index contributed by atoms with van der Waals surface area (Å²) >= 11 is 0. The number of aromatic nitrogens is 12. The normalized spacial score (nSPS) is 11.4. The van der Waals surface area contributed by atoms with Gasteiger partial charge < -0.3 is 11.5 Å². The van der Waals surface area contributed by atoms with Gasteiger partial charge in [0.05, 0.1) is 9.85 Å². The van der Waals surface area contributed by atoms with Crippen molar-refractivity contribution in [1.82, 2.24) is 59.6 Å². The number of rotatable bonds is 5. The van der Waals surface area contributed by atoms with Gasteiger partial charge in [0, 0.05) is 35.9 Å². The van der Waals surface area contributed by atoms with E-state index in [1.54, 1.807) is 0 Å². The molecule has 0 fully saturated rings. The molecular formula is C16H10N16O4. The zero-order chi connectivity index (χ0) is 25.1. The van der Waals surface area contributed by atoms with E-state index in [9.17, 15) is 20.2 Å². The molecule has 0 amide bonds. The first-order valence-electron chi connectivity index (χ1n) is 9.72. The second-order valence-electron chi connectivity index (χ2n) is 7.22. The van der Waals surface area contributed by atoms with Gasteiger partial charge in [-0.1, -0.05) is 0 Å². The lowest BCUT2D eigenvalue weighted by molar-refractivity contribution is -0.385. The van der Waals surface area contributed by atoms with E-state index in [0.29, 0.717) is 0 Å². The molecule has 0 atom stereocenters. The van der Waals surface area contributed by atoms with Crippen molar-refractivity contribution >= 4 is 34.8 Å². The Morgan fingerprint density at radius 1 is 0.750 bits per heavy atom. The number of nitro groups is 2. The maximum absolute atomic E-state index is 12.1. The zero-order valence-electron chi connectivity index (χ0n) is 17.5.